The summed E-state index contributed by atoms with van der Waals surface area (Å²) in [6, 6.07) is 11.4. The molecule has 0 radical (unpaired) electrons. The van der Waals surface area contributed by atoms with Gasteiger partial charge < -0.3 is 9.84 Å². The van der Waals surface area contributed by atoms with E-state index in [-0.39, 0.29) is 13.2 Å². The number of benzene rings is 2. The van der Waals surface area contributed by atoms with E-state index in [4.69, 9.17) is 4.74 Å². The largest absolute Gasteiger partial charge is 0.491 e. The predicted octanol–water partition coefficient (Wildman–Crippen LogP) is 3.13. The quantitative estimate of drug-likeness (QED) is 0.805. The van der Waals surface area contributed by atoms with Crippen molar-refractivity contribution < 1.29 is 18.3 Å². The Morgan fingerprint density at radius 2 is 1.62 bits per heavy atom. The molecule has 0 aliphatic heterocycles. The van der Waals surface area contributed by atoms with E-state index in [2.05, 4.69) is 0 Å². The molecule has 0 aromatic heterocycles. The average molecular weight is 378 g/mol. The second-order valence-electron chi connectivity index (χ2n) is 6.77. The van der Waals surface area contributed by atoms with Crippen LogP contribution in [-0.4, -0.2) is 39.0 Å². The number of hydrogen-bond donors (Lipinski definition) is 1. The molecule has 0 aliphatic carbocycles. The summed E-state index contributed by atoms with van der Waals surface area (Å²) in [5.74, 6) is 0.681. The van der Waals surface area contributed by atoms with Gasteiger partial charge >= 0.3 is 0 Å². The van der Waals surface area contributed by atoms with Crippen molar-refractivity contribution in [2.24, 2.45) is 0 Å². The Balaban J connectivity index is 2.20. The zero-order valence-electron chi connectivity index (χ0n) is 16.0. The van der Waals surface area contributed by atoms with Gasteiger partial charge in [-0.15, -0.1) is 0 Å². The van der Waals surface area contributed by atoms with E-state index in [0.717, 1.165) is 28.5 Å². The molecule has 0 spiro atoms. The summed E-state index contributed by atoms with van der Waals surface area (Å²) in [6.07, 6.45) is 0.199. The molecule has 0 heterocycles. The summed E-state index contributed by atoms with van der Waals surface area (Å²) in [7, 11) is -3.54. The molecular weight excluding hydrogens is 350 g/mol. The van der Waals surface area contributed by atoms with Gasteiger partial charge in [-0.3, -0.25) is 4.31 Å². The lowest BCUT2D eigenvalue weighted by Crippen LogP contribution is -2.40. The van der Waals surface area contributed by atoms with Crippen molar-refractivity contribution in [3.05, 3.63) is 58.7 Å². The highest BCUT2D eigenvalue weighted by molar-refractivity contribution is 7.92. The lowest BCUT2D eigenvalue weighted by molar-refractivity contribution is 0.114. The van der Waals surface area contributed by atoms with E-state index in [1.165, 1.54) is 4.31 Å². The van der Waals surface area contributed by atoms with Crippen LogP contribution in [0.2, 0.25) is 0 Å². The lowest BCUT2D eigenvalue weighted by atomic mass is 10.0. The van der Waals surface area contributed by atoms with Crippen LogP contribution < -0.4 is 9.04 Å². The Hall–Kier alpha value is -2.05. The van der Waals surface area contributed by atoms with Gasteiger partial charge in [-0.1, -0.05) is 35.9 Å². The minimum atomic E-state index is -3.54. The molecule has 0 amide bonds. The van der Waals surface area contributed by atoms with Crippen LogP contribution in [0.1, 0.15) is 22.3 Å². The lowest BCUT2D eigenvalue weighted by Gasteiger charge is -2.28. The van der Waals surface area contributed by atoms with Crippen molar-refractivity contribution in [1.29, 1.82) is 0 Å². The number of sulfonamides is 1. The highest BCUT2D eigenvalue weighted by Crippen LogP contribution is 2.28. The first-order chi connectivity index (χ1) is 12.1. The van der Waals surface area contributed by atoms with Gasteiger partial charge in [-0.05, 0) is 50.5 Å². The van der Waals surface area contributed by atoms with Gasteiger partial charge in [-0.25, -0.2) is 8.42 Å². The molecule has 1 N–H and O–H groups in total. The smallest absolute Gasteiger partial charge is 0.232 e. The molecule has 0 unspecified atom stereocenters. The monoisotopic (exact) mass is 377 g/mol. The molecule has 1 atom stereocenters. The van der Waals surface area contributed by atoms with Gasteiger partial charge in [-0.2, -0.15) is 0 Å². The predicted molar refractivity (Wildman–Crippen MR) is 106 cm³/mol. The van der Waals surface area contributed by atoms with Crippen molar-refractivity contribution in [2.45, 2.75) is 33.8 Å². The van der Waals surface area contributed by atoms with Gasteiger partial charge in [0.2, 0.25) is 10.0 Å². The van der Waals surface area contributed by atoms with Gasteiger partial charge in [0, 0.05) is 0 Å². The second kappa shape index (κ2) is 8.10. The first-order valence-electron chi connectivity index (χ1n) is 8.51. The summed E-state index contributed by atoms with van der Waals surface area (Å²) in [6.45, 7) is 7.60. The molecule has 0 fully saturated rings. The zero-order valence-corrected chi connectivity index (χ0v) is 16.8. The number of hydrogen-bond acceptors (Lipinski definition) is 4. The number of aliphatic hydroxyl groups is 1. The third-order valence-corrected chi connectivity index (χ3v) is 5.32. The topological polar surface area (TPSA) is 66.8 Å². The standard InChI is InChI=1S/C20H27NO4S/c1-14-10-16(3)20(17(4)11-14)21(26(5,23)24)12-18(22)13-25-19-9-7-6-8-15(19)2/h6-11,18,22H,12-13H2,1-5H3/t18-/m1/s1. The van der Waals surface area contributed by atoms with Crippen LogP contribution in [0.3, 0.4) is 0 Å². The Labute approximate surface area is 156 Å². The number of aliphatic hydroxyl groups excluding tert-OH is 1. The number of nitrogens with zero attached hydrogens (tertiary/aromatic N) is 1. The number of para-hydroxylation sites is 1. The third kappa shape index (κ3) is 4.99. The van der Waals surface area contributed by atoms with E-state index >= 15 is 0 Å². The van der Waals surface area contributed by atoms with E-state index in [1.807, 2.05) is 64.1 Å². The third-order valence-electron chi connectivity index (χ3n) is 4.19. The van der Waals surface area contributed by atoms with E-state index < -0.39 is 16.1 Å². The van der Waals surface area contributed by atoms with Gasteiger partial charge in [0.05, 0.1) is 18.5 Å². The maximum atomic E-state index is 12.4. The maximum Gasteiger partial charge on any atom is 0.232 e. The second-order valence-corrected chi connectivity index (χ2v) is 8.68. The molecule has 0 bridgehead atoms. The molecule has 0 aliphatic rings. The highest BCUT2D eigenvalue weighted by atomic mass is 32.2. The summed E-state index contributed by atoms with van der Waals surface area (Å²) >= 11 is 0. The van der Waals surface area contributed by atoms with Crippen LogP contribution in [0, 0.1) is 27.7 Å². The molecule has 2 rings (SSSR count). The molecule has 5 nitrogen and oxygen atoms in total. The van der Waals surface area contributed by atoms with Crippen LogP contribution in [0.25, 0.3) is 0 Å². The SMILES string of the molecule is Cc1cc(C)c(N(C[C@@H](O)COc2ccccc2C)S(C)(=O)=O)c(C)c1. The van der Waals surface area contributed by atoms with Crippen LogP contribution in [0.5, 0.6) is 5.75 Å². The fourth-order valence-corrected chi connectivity index (χ4v) is 4.17. The van der Waals surface area contributed by atoms with Crippen molar-refractivity contribution in [3.63, 3.8) is 0 Å². The minimum Gasteiger partial charge on any atom is -0.491 e. The van der Waals surface area contributed by atoms with Crippen LogP contribution >= 0.6 is 0 Å². The van der Waals surface area contributed by atoms with E-state index in [0.29, 0.717) is 11.4 Å². The average Bonchev–Trinajstić information content (AvgIpc) is 2.51. The van der Waals surface area contributed by atoms with Crippen molar-refractivity contribution in [2.75, 3.05) is 23.7 Å². The first kappa shape index (κ1) is 20.3. The summed E-state index contributed by atoms with van der Waals surface area (Å²) in [4.78, 5) is 0. The van der Waals surface area contributed by atoms with Crippen LogP contribution in [0.4, 0.5) is 5.69 Å². The molecule has 6 heteroatoms. The van der Waals surface area contributed by atoms with E-state index in [1.54, 1.807) is 0 Å². The Bertz CT molecular complexity index is 854. The Morgan fingerprint density at radius 1 is 1.04 bits per heavy atom. The fraction of sp³-hybridized carbons (Fsp3) is 0.400. The molecule has 142 valence electrons. The summed E-state index contributed by atoms with van der Waals surface area (Å²) in [5, 5.41) is 10.4. The molecule has 2 aromatic carbocycles. The van der Waals surface area contributed by atoms with Crippen LogP contribution in [-0.2, 0) is 10.0 Å². The number of aryl methyl sites for hydroxylation is 4. The van der Waals surface area contributed by atoms with Crippen molar-refractivity contribution >= 4 is 15.7 Å². The van der Waals surface area contributed by atoms with Crippen molar-refractivity contribution in [1.82, 2.24) is 0 Å². The van der Waals surface area contributed by atoms with Crippen molar-refractivity contribution in [3.8, 4) is 5.75 Å². The first-order valence-corrected chi connectivity index (χ1v) is 10.4. The summed E-state index contributed by atoms with van der Waals surface area (Å²) in [5.41, 5.74) is 4.37. The molecule has 2 aromatic rings. The van der Waals surface area contributed by atoms with Gasteiger partial charge in [0.15, 0.2) is 0 Å². The van der Waals surface area contributed by atoms with Gasteiger partial charge in [0.25, 0.3) is 0 Å². The maximum absolute atomic E-state index is 12.4. The minimum absolute atomic E-state index is 0.0147. The van der Waals surface area contributed by atoms with E-state index in [9.17, 15) is 13.5 Å². The Kier molecular flexibility index (Phi) is 6.31. The number of rotatable bonds is 7. The summed E-state index contributed by atoms with van der Waals surface area (Å²) < 4.78 is 31.6. The van der Waals surface area contributed by atoms with Gasteiger partial charge in [0.1, 0.15) is 18.5 Å². The number of ether oxygens (including phenoxy) is 1. The zero-order chi connectivity index (χ0) is 19.5. The van der Waals surface area contributed by atoms with Crippen LogP contribution in [0.15, 0.2) is 36.4 Å². The fourth-order valence-electron chi connectivity index (χ4n) is 3.11. The molecule has 0 saturated carbocycles. The molecule has 0 saturated heterocycles. The normalized spacial score (nSPS) is 12.7. The Morgan fingerprint density at radius 3 is 2.15 bits per heavy atom. The molecule has 26 heavy (non-hydrogen) atoms. The molecular formula is C20H27NO4S. The number of anilines is 1. The highest BCUT2D eigenvalue weighted by Gasteiger charge is 2.24.